The molecule has 6 heteroatoms. The van der Waals surface area contributed by atoms with E-state index in [2.05, 4.69) is 21.2 Å². The minimum absolute atomic E-state index is 0.0587. The monoisotopic (exact) mass is 352 g/mol. The number of nitrogens with one attached hydrogen (secondary N) is 1. The number of carbonyl (C=O) groups is 1. The third kappa shape index (κ3) is 3.16. The maximum absolute atomic E-state index is 13.0. The number of halogens is 3. The summed E-state index contributed by atoms with van der Waals surface area (Å²) in [7, 11) is 0. The number of nitrogens with zero attached hydrogens (tertiary/aromatic N) is 1. The molecule has 0 spiro atoms. The first-order chi connectivity index (χ1) is 9.51. The summed E-state index contributed by atoms with van der Waals surface area (Å²) in [5, 5.41) is 12.0. The van der Waals surface area contributed by atoms with Crippen LogP contribution in [0.15, 0.2) is 40.9 Å². The number of carbonyl (C=O) groups excluding carboxylic acids is 1. The quantitative estimate of drug-likeness (QED) is 0.872. The Morgan fingerprint density at radius 2 is 2.05 bits per heavy atom. The number of anilines is 1. The van der Waals surface area contributed by atoms with Crippen molar-refractivity contribution in [3.8, 4) is 6.07 Å². The van der Waals surface area contributed by atoms with Gasteiger partial charge in [-0.15, -0.1) is 0 Å². The number of nitriles is 1. The molecular formula is C14H7BrClFN2O. The van der Waals surface area contributed by atoms with Gasteiger partial charge in [0.1, 0.15) is 11.9 Å². The van der Waals surface area contributed by atoms with Crippen molar-refractivity contribution in [2.45, 2.75) is 0 Å². The highest BCUT2D eigenvalue weighted by atomic mass is 79.9. The second-order valence-electron chi connectivity index (χ2n) is 3.88. The molecule has 0 saturated carbocycles. The Labute approximate surface area is 128 Å². The van der Waals surface area contributed by atoms with E-state index in [-0.39, 0.29) is 11.3 Å². The van der Waals surface area contributed by atoms with Crippen LogP contribution < -0.4 is 5.32 Å². The van der Waals surface area contributed by atoms with E-state index < -0.39 is 11.7 Å². The number of hydrogen-bond donors (Lipinski definition) is 1. The van der Waals surface area contributed by atoms with Crippen LogP contribution in [0.2, 0.25) is 5.02 Å². The second kappa shape index (κ2) is 6.04. The van der Waals surface area contributed by atoms with Crippen molar-refractivity contribution in [1.82, 2.24) is 0 Å². The van der Waals surface area contributed by atoms with Gasteiger partial charge in [0.2, 0.25) is 0 Å². The Balaban J connectivity index is 2.31. The Kier molecular flexibility index (Phi) is 4.38. The molecule has 2 rings (SSSR count). The van der Waals surface area contributed by atoms with E-state index in [1.807, 2.05) is 6.07 Å². The van der Waals surface area contributed by atoms with Crippen molar-refractivity contribution >= 4 is 39.1 Å². The summed E-state index contributed by atoms with van der Waals surface area (Å²) in [5.41, 5.74) is 0.673. The van der Waals surface area contributed by atoms with Crippen LogP contribution in [0.3, 0.4) is 0 Å². The molecule has 0 radical (unpaired) electrons. The average Bonchev–Trinajstić information content (AvgIpc) is 2.40. The summed E-state index contributed by atoms with van der Waals surface area (Å²) < 4.78 is 13.5. The zero-order valence-corrected chi connectivity index (χ0v) is 12.3. The van der Waals surface area contributed by atoms with Crippen LogP contribution >= 0.6 is 27.5 Å². The van der Waals surface area contributed by atoms with Gasteiger partial charge in [-0.2, -0.15) is 5.26 Å². The molecule has 0 unspecified atom stereocenters. The Morgan fingerprint density at radius 1 is 1.30 bits per heavy atom. The lowest BCUT2D eigenvalue weighted by molar-refractivity contribution is 0.102. The lowest BCUT2D eigenvalue weighted by atomic mass is 10.1. The largest absolute Gasteiger partial charge is 0.321 e. The minimum atomic E-state index is -0.535. The Bertz CT molecular complexity index is 728. The van der Waals surface area contributed by atoms with Gasteiger partial charge in [0.05, 0.1) is 16.8 Å². The highest BCUT2D eigenvalue weighted by molar-refractivity contribution is 9.10. The molecule has 2 aromatic carbocycles. The van der Waals surface area contributed by atoms with E-state index in [9.17, 15) is 9.18 Å². The molecule has 0 aliphatic carbocycles. The van der Waals surface area contributed by atoms with E-state index in [4.69, 9.17) is 16.9 Å². The molecule has 1 amide bonds. The van der Waals surface area contributed by atoms with Gasteiger partial charge in [-0.3, -0.25) is 4.79 Å². The van der Waals surface area contributed by atoms with Crippen LogP contribution in [-0.2, 0) is 0 Å². The molecule has 20 heavy (non-hydrogen) atoms. The van der Waals surface area contributed by atoms with Crippen LogP contribution in [0.1, 0.15) is 15.9 Å². The van der Waals surface area contributed by atoms with Crippen LogP contribution in [0, 0.1) is 17.1 Å². The van der Waals surface area contributed by atoms with Gasteiger partial charge in [0.15, 0.2) is 0 Å². The van der Waals surface area contributed by atoms with Gasteiger partial charge in [-0.25, -0.2) is 4.39 Å². The van der Waals surface area contributed by atoms with Gasteiger partial charge < -0.3 is 5.32 Å². The molecule has 100 valence electrons. The number of amides is 1. The molecule has 1 N–H and O–H groups in total. The molecule has 0 heterocycles. The predicted octanol–water partition coefficient (Wildman–Crippen LogP) is 4.37. The van der Waals surface area contributed by atoms with Crippen molar-refractivity contribution in [3.63, 3.8) is 0 Å². The first-order valence-corrected chi connectivity index (χ1v) is 6.64. The van der Waals surface area contributed by atoms with Crippen molar-refractivity contribution in [2.75, 3.05) is 5.32 Å². The zero-order valence-electron chi connectivity index (χ0n) is 9.95. The smallest absolute Gasteiger partial charge is 0.256 e. The molecule has 0 saturated heterocycles. The third-order valence-electron chi connectivity index (χ3n) is 2.53. The first-order valence-electron chi connectivity index (χ1n) is 5.47. The fraction of sp³-hybridized carbons (Fsp3) is 0. The Hall–Kier alpha value is -1.90. The maximum atomic E-state index is 13.0. The van der Waals surface area contributed by atoms with E-state index >= 15 is 0 Å². The topological polar surface area (TPSA) is 52.9 Å². The maximum Gasteiger partial charge on any atom is 0.256 e. The van der Waals surface area contributed by atoms with Crippen LogP contribution in [-0.4, -0.2) is 5.91 Å². The molecule has 0 aliphatic rings. The molecule has 2 aromatic rings. The summed E-state index contributed by atoms with van der Waals surface area (Å²) in [6, 6.07) is 10.1. The molecule has 0 fully saturated rings. The van der Waals surface area contributed by atoms with Crippen LogP contribution in [0.4, 0.5) is 10.1 Å². The summed E-state index contributed by atoms with van der Waals surface area (Å²) >= 11 is 9.04. The van der Waals surface area contributed by atoms with E-state index in [1.54, 1.807) is 18.2 Å². The lowest BCUT2D eigenvalue weighted by Crippen LogP contribution is -2.13. The SMILES string of the molecule is N#Cc1cc(F)ccc1NC(=O)c1ccc(Cl)cc1Br. The van der Waals surface area contributed by atoms with Gasteiger partial charge >= 0.3 is 0 Å². The van der Waals surface area contributed by atoms with Gasteiger partial charge in [0.25, 0.3) is 5.91 Å². The highest BCUT2D eigenvalue weighted by Gasteiger charge is 2.13. The molecule has 3 nitrogen and oxygen atoms in total. The van der Waals surface area contributed by atoms with Crippen LogP contribution in [0.25, 0.3) is 0 Å². The molecule has 0 atom stereocenters. The summed E-state index contributed by atoms with van der Waals surface area (Å²) in [5.74, 6) is -0.955. The van der Waals surface area contributed by atoms with Crippen molar-refractivity contribution in [2.24, 2.45) is 0 Å². The molecular weight excluding hydrogens is 347 g/mol. The minimum Gasteiger partial charge on any atom is -0.321 e. The van der Waals surface area contributed by atoms with Crippen molar-refractivity contribution < 1.29 is 9.18 Å². The number of rotatable bonds is 2. The first kappa shape index (κ1) is 14.5. The fourth-order valence-electron chi connectivity index (χ4n) is 1.58. The van der Waals surface area contributed by atoms with Gasteiger partial charge in [-0.05, 0) is 52.3 Å². The Morgan fingerprint density at radius 3 is 2.70 bits per heavy atom. The van der Waals surface area contributed by atoms with E-state index in [0.717, 1.165) is 6.07 Å². The molecule has 0 aliphatic heterocycles. The standard InChI is InChI=1S/C14H7BrClFN2O/c15-12-6-9(16)1-3-11(12)14(20)19-13-4-2-10(17)5-8(13)7-18/h1-6H,(H,19,20). The normalized spacial score (nSPS) is 9.90. The van der Waals surface area contributed by atoms with Gasteiger partial charge in [0, 0.05) is 9.50 Å². The van der Waals surface area contributed by atoms with Gasteiger partial charge in [-0.1, -0.05) is 11.6 Å². The lowest BCUT2D eigenvalue weighted by Gasteiger charge is -2.08. The zero-order chi connectivity index (χ0) is 14.7. The predicted molar refractivity (Wildman–Crippen MR) is 78.2 cm³/mol. The van der Waals surface area contributed by atoms with E-state index in [0.29, 0.717) is 15.1 Å². The average molecular weight is 354 g/mol. The summed E-state index contributed by atoms with van der Waals surface area (Å²) in [4.78, 5) is 12.1. The molecule has 0 bridgehead atoms. The summed E-state index contributed by atoms with van der Waals surface area (Å²) in [6.07, 6.45) is 0. The molecule has 0 aromatic heterocycles. The van der Waals surface area contributed by atoms with Crippen molar-refractivity contribution in [1.29, 1.82) is 5.26 Å². The van der Waals surface area contributed by atoms with Crippen molar-refractivity contribution in [3.05, 3.63) is 62.8 Å². The van der Waals surface area contributed by atoms with E-state index in [1.165, 1.54) is 12.1 Å². The number of hydrogen-bond acceptors (Lipinski definition) is 2. The highest BCUT2D eigenvalue weighted by Crippen LogP contribution is 2.23. The number of benzene rings is 2. The van der Waals surface area contributed by atoms with Crippen LogP contribution in [0.5, 0.6) is 0 Å². The summed E-state index contributed by atoms with van der Waals surface area (Å²) in [6.45, 7) is 0. The third-order valence-corrected chi connectivity index (χ3v) is 3.42. The second-order valence-corrected chi connectivity index (χ2v) is 5.17. The fourth-order valence-corrected chi connectivity index (χ4v) is 2.44.